The van der Waals surface area contributed by atoms with Crippen molar-refractivity contribution in [1.82, 2.24) is 15.0 Å². The van der Waals surface area contributed by atoms with E-state index in [9.17, 15) is 4.39 Å². The lowest BCUT2D eigenvalue weighted by atomic mass is 10.0. The molecule has 6 heteroatoms. The molecule has 1 atom stereocenters. The third kappa shape index (κ3) is 2.27. The fourth-order valence-electron chi connectivity index (χ4n) is 2.29. The summed E-state index contributed by atoms with van der Waals surface area (Å²) in [5.74, 6) is 0.156. The summed E-state index contributed by atoms with van der Waals surface area (Å²) in [6, 6.07) is 3.13. The largest absolute Gasteiger partial charge is 0.381 e. The van der Waals surface area contributed by atoms with Gasteiger partial charge in [-0.25, -0.2) is 9.07 Å². The molecule has 0 bridgehead atoms. The van der Waals surface area contributed by atoms with E-state index in [1.807, 2.05) is 4.68 Å². The average Bonchev–Trinajstić information content (AvgIpc) is 2.74. The maximum Gasteiger partial charge on any atom is 0.139 e. The Morgan fingerprint density at radius 3 is 3.17 bits per heavy atom. The Kier molecular flexibility index (Phi) is 3.30. The molecule has 2 aromatic rings. The van der Waals surface area contributed by atoms with Crippen LogP contribution in [0.3, 0.4) is 0 Å². The Morgan fingerprint density at radius 1 is 1.50 bits per heavy atom. The minimum absolute atomic E-state index is 0.310. The highest BCUT2D eigenvalue weighted by molar-refractivity contribution is 9.10. The molecular weight excluding hydrogens is 301 g/mol. The molecule has 18 heavy (non-hydrogen) atoms. The highest BCUT2D eigenvalue weighted by Crippen LogP contribution is 2.23. The number of rotatable bonds is 2. The molecule has 0 spiro atoms. The van der Waals surface area contributed by atoms with Gasteiger partial charge in [0, 0.05) is 25.1 Å². The average molecular weight is 314 g/mol. The number of nitrogens with zero attached hydrogens (tertiary/aromatic N) is 3. The first-order valence-electron chi connectivity index (χ1n) is 6.00. The zero-order valence-corrected chi connectivity index (χ0v) is 11.4. The smallest absolute Gasteiger partial charge is 0.139 e. The molecule has 3 rings (SSSR count). The van der Waals surface area contributed by atoms with Crippen LogP contribution in [0.15, 0.2) is 16.6 Å². The molecule has 1 aromatic heterocycles. The van der Waals surface area contributed by atoms with E-state index in [1.165, 1.54) is 6.07 Å². The quantitative estimate of drug-likeness (QED) is 0.856. The normalized spacial score (nSPS) is 20.4. The summed E-state index contributed by atoms with van der Waals surface area (Å²) in [7, 11) is 0. The van der Waals surface area contributed by atoms with Crippen molar-refractivity contribution < 1.29 is 9.13 Å². The summed E-state index contributed by atoms with van der Waals surface area (Å²) in [6.45, 7) is 2.39. The van der Waals surface area contributed by atoms with Crippen LogP contribution in [0, 0.1) is 11.7 Å². The lowest BCUT2D eigenvalue weighted by Gasteiger charge is -2.21. The van der Waals surface area contributed by atoms with Gasteiger partial charge in [-0.05, 0) is 34.8 Å². The van der Waals surface area contributed by atoms with Gasteiger partial charge < -0.3 is 4.74 Å². The molecule has 0 amide bonds. The molecule has 0 radical (unpaired) electrons. The fourth-order valence-corrected chi connectivity index (χ4v) is 2.63. The van der Waals surface area contributed by atoms with Crippen LogP contribution < -0.4 is 0 Å². The first-order chi connectivity index (χ1) is 8.74. The summed E-state index contributed by atoms with van der Waals surface area (Å²) < 4.78 is 21.1. The molecule has 0 N–H and O–H groups in total. The van der Waals surface area contributed by atoms with Gasteiger partial charge in [0.05, 0.1) is 16.6 Å². The molecule has 1 unspecified atom stereocenters. The number of ether oxygens (including phenoxy) is 1. The van der Waals surface area contributed by atoms with Crippen molar-refractivity contribution in [2.75, 3.05) is 13.2 Å². The molecular formula is C12H13BrFN3O. The molecule has 0 aliphatic carbocycles. The zero-order valence-electron chi connectivity index (χ0n) is 9.77. The number of aromatic nitrogens is 3. The van der Waals surface area contributed by atoms with Crippen molar-refractivity contribution in [3.8, 4) is 0 Å². The Hall–Kier alpha value is -1.01. The van der Waals surface area contributed by atoms with E-state index in [0.717, 1.165) is 38.1 Å². The first kappa shape index (κ1) is 12.0. The van der Waals surface area contributed by atoms with Gasteiger partial charge >= 0.3 is 0 Å². The third-order valence-corrected chi connectivity index (χ3v) is 3.85. The van der Waals surface area contributed by atoms with Gasteiger partial charge in [0.15, 0.2) is 0 Å². The molecule has 1 aliphatic rings. The molecule has 2 heterocycles. The molecule has 1 aliphatic heterocycles. The van der Waals surface area contributed by atoms with E-state index < -0.39 is 0 Å². The number of hydrogen-bond donors (Lipinski definition) is 0. The predicted octanol–water partition coefficient (Wildman–Crippen LogP) is 2.76. The van der Waals surface area contributed by atoms with Crippen molar-refractivity contribution in [2.45, 2.75) is 19.4 Å². The SMILES string of the molecule is Fc1cc2nnn(CC3CCCOC3)c2cc1Br. The third-order valence-electron chi connectivity index (χ3n) is 3.24. The minimum atomic E-state index is -0.310. The van der Waals surface area contributed by atoms with Crippen molar-refractivity contribution >= 4 is 27.0 Å². The van der Waals surface area contributed by atoms with Gasteiger partial charge in [-0.15, -0.1) is 5.10 Å². The minimum Gasteiger partial charge on any atom is -0.381 e. The summed E-state index contributed by atoms with van der Waals surface area (Å²) in [4.78, 5) is 0. The Bertz CT molecular complexity index is 566. The van der Waals surface area contributed by atoms with Gasteiger partial charge in [-0.2, -0.15) is 0 Å². The molecule has 0 saturated carbocycles. The highest BCUT2D eigenvalue weighted by atomic mass is 79.9. The van der Waals surface area contributed by atoms with E-state index in [4.69, 9.17) is 4.74 Å². The monoisotopic (exact) mass is 313 g/mol. The van der Waals surface area contributed by atoms with Crippen LogP contribution in [0.25, 0.3) is 11.0 Å². The Balaban J connectivity index is 1.89. The Labute approximate surface area is 112 Å². The summed E-state index contributed by atoms with van der Waals surface area (Å²) >= 11 is 3.19. The number of hydrogen-bond acceptors (Lipinski definition) is 3. The molecule has 1 aromatic carbocycles. The number of benzene rings is 1. The van der Waals surface area contributed by atoms with Gasteiger partial charge in [-0.1, -0.05) is 5.21 Å². The second-order valence-electron chi connectivity index (χ2n) is 4.61. The van der Waals surface area contributed by atoms with Crippen LogP contribution in [0.5, 0.6) is 0 Å². The van der Waals surface area contributed by atoms with Gasteiger partial charge in [0.2, 0.25) is 0 Å². The van der Waals surface area contributed by atoms with Crippen LogP contribution in [0.2, 0.25) is 0 Å². The van der Waals surface area contributed by atoms with Crippen LogP contribution in [0.1, 0.15) is 12.8 Å². The lowest BCUT2D eigenvalue weighted by Crippen LogP contribution is -2.22. The van der Waals surface area contributed by atoms with Crippen LogP contribution in [-0.4, -0.2) is 28.2 Å². The molecule has 1 fully saturated rings. The van der Waals surface area contributed by atoms with Crippen molar-refractivity contribution in [3.63, 3.8) is 0 Å². The second-order valence-corrected chi connectivity index (χ2v) is 5.46. The van der Waals surface area contributed by atoms with E-state index in [0.29, 0.717) is 15.9 Å². The first-order valence-corrected chi connectivity index (χ1v) is 6.79. The van der Waals surface area contributed by atoms with Crippen molar-refractivity contribution in [1.29, 1.82) is 0 Å². The van der Waals surface area contributed by atoms with E-state index in [1.54, 1.807) is 6.07 Å². The summed E-state index contributed by atoms with van der Waals surface area (Å²) in [6.07, 6.45) is 2.24. The summed E-state index contributed by atoms with van der Waals surface area (Å²) in [5.41, 5.74) is 1.45. The van der Waals surface area contributed by atoms with E-state index >= 15 is 0 Å². The zero-order chi connectivity index (χ0) is 12.5. The van der Waals surface area contributed by atoms with E-state index in [2.05, 4.69) is 26.2 Å². The van der Waals surface area contributed by atoms with Crippen molar-refractivity contribution in [2.24, 2.45) is 5.92 Å². The lowest BCUT2D eigenvalue weighted by molar-refractivity contribution is 0.0473. The molecule has 4 nitrogen and oxygen atoms in total. The topological polar surface area (TPSA) is 39.9 Å². The van der Waals surface area contributed by atoms with Gasteiger partial charge in [-0.3, -0.25) is 0 Å². The van der Waals surface area contributed by atoms with Crippen LogP contribution >= 0.6 is 15.9 Å². The van der Waals surface area contributed by atoms with Crippen molar-refractivity contribution in [3.05, 3.63) is 22.4 Å². The van der Waals surface area contributed by atoms with E-state index in [-0.39, 0.29) is 5.82 Å². The van der Waals surface area contributed by atoms with Gasteiger partial charge in [0.1, 0.15) is 11.3 Å². The maximum atomic E-state index is 13.4. The Morgan fingerprint density at radius 2 is 2.39 bits per heavy atom. The van der Waals surface area contributed by atoms with Gasteiger partial charge in [0.25, 0.3) is 0 Å². The van der Waals surface area contributed by atoms with Crippen LogP contribution in [0.4, 0.5) is 4.39 Å². The molecule has 96 valence electrons. The molecule has 1 saturated heterocycles. The predicted molar refractivity (Wildman–Crippen MR) is 68.7 cm³/mol. The summed E-state index contributed by atoms with van der Waals surface area (Å²) in [5, 5.41) is 8.09. The maximum absolute atomic E-state index is 13.4. The fraction of sp³-hybridized carbons (Fsp3) is 0.500. The standard InChI is InChI=1S/C12H13BrFN3O/c13-9-4-12-11(5-10(9)14)15-16-17(12)6-8-2-1-3-18-7-8/h4-5,8H,1-3,6-7H2. The van der Waals surface area contributed by atoms with Crippen LogP contribution in [-0.2, 0) is 11.3 Å². The number of fused-ring (bicyclic) bond motifs is 1. The highest BCUT2D eigenvalue weighted by Gasteiger charge is 2.17. The number of halogens is 2. The second kappa shape index (κ2) is 4.93.